The molecule has 1 aromatic heterocycles. The molecule has 2 rings (SSSR count). The third kappa shape index (κ3) is 6.98. The standard InChI is InChI=1S/C17H20F2N4O2.HI/c1-20-17(22-10-12-7-8-15(24-2)21-9-12)23-11-13-5-3-4-6-14(13)25-16(18)19;/h3-9,16H,10-11H2,1-2H3,(H2,20,22,23);1H. The maximum absolute atomic E-state index is 12.4. The van der Waals surface area contributed by atoms with Crippen molar-refractivity contribution in [1.82, 2.24) is 15.6 Å². The zero-order valence-corrected chi connectivity index (χ0v) is 16.7. The summed E-state index contributed by atoms with van der Waals surface area (Å²) in [5, 5.41) is 6.18. The molecule has 2 aromatic rings. The largest absolute Gasteiger partial charge is 0.481 e. The minimum atomic E-state index is -2.86. The molecule has 1 heterocycles. The maximum Gasteiger partial charge on any atom is 0.387 e. The van der Waals surface area contributed by atoms with Crippen molar-refractivity contribution >= 4 is 29.9 Å². The van der Waals surface area contributed by atoms with Gasteiger partial charge >= 0.3 is 6.61 Å². The molecule has 2 N–H and O–H groups in total. The molecule has 142 valence electrons. The lowest BCUT2D eigenvalue weighted by atomic mass is 10.2. The van der Waals surface area contributed by atoms with Gasteiger partial charge in [-0.15, -0.1) is 24.0 Å². The normalized spacial score (nSPS) is 10.9. The summed E-state index contributed by atoms with van der Waals surface area (Å²) in [6, 6.07) is 10.3. The monoisotopic (exact) mass is 478 g/mol. The second-order valence-corrected chi connectivity index (χ2v) is 4.97. The lowest BCUT2D eigenvalue weighted by molar-refractivity contribution is -0.0504. The average Bonchev–Trinajstić information content (AvgIpc) is 2.63. The summed E-state index contributed by atoms with van der Waals surface area (Å²) >= 11 is 0. The van der Waals surface area contributed by atoms with Crippen LogP contribution in [0.1, 0.15) is 11.1 Å². The summed E-state index contributed by atoms with van der Waals surface area (Å²) in [7, 11) is 3.19. The fraction of sp³-hybridized carbons (Fsp3) is 0.294. The van der Waals surface area contributed by atoms with Gasteiger partial charge in [-0.25, -0.2) is 4.98 Å². The molecule has 0 saturated carbocycles. The number of guanidine groups is 1. The molecule has 0 saturated heterocycles. The van der Waals surface area contributed by atoms with Crippen molar-refractivity contribution in [2.45, 2.75) is 19.7 Å². The highest BCUT2D eigenvalue weighted by atomic mass is 127. The van der Waals surface area contributed by atoms with Crippen molar-refractivity contribution in [1.29, 1.82) is 0 Å². The molecule has 0 unspecified atom stereocenters. The lowest BCUT2D eigenvalue weighted by Gasteiger charge is -2.14. The molecule has 0 atom stereocenters. The summed E-state index contributed by atoms with van der Waals surface area (Å²) in [5.41, 5.74) is 1.56. The van der Waals surface area contributed by atoms with Gasteiger partial charge in [0.25, 0.3) is 0 Å². The van der Waals surface area contributed by atoms with Crippen molar-refractivity contribution in [3.8, 4) is 11.6 Å². The van der Waals surface area contributed by atoms with Gasteiger partial charge in [-0.3, -0.25) is 4.99 Å². The van der Waals surface area contributed by atoms with E-state index in [1.807, 2.05) is 6.07 Å². The fourth-order valence-electron chi connectivity index (χ4n) is 2.08. The predicted molar refractivity (Wildman–Crippen MR) is 106 cm³/mol. The molecule has 0 aliphatic rings. The minimum absolute atomic E-state index is 0. The third-order valence-electron chi connectivity index (χ3n) is 3.33. The lowest BCUT2D eigenvalue weighted by Crippen LogP contribution is -2.36. The minimum Gasteiger partial charge on any atom is -0.481 e. The van der Waals surface area contributed by atoms with Gasteiger partial charge in [0.05, 0.1) is 7.11 Å². The number of nitrogens with zero attached hydrogens (tertiary/aromatic N) is 2. The van der Waals surface area contributed by atoms with Crippen molar-refractivity contribution in [2.75, 3.05) is 14.2 Å². The number of alkyl halides is 2. The molecule has 0 radical (unpaired) electrons. The zero-order valence-electron chi connectivity index (χ0n) is 14.4. The van der Waals surface area contributed by atoms with Crippen LogP contribution in [0.25, 0.3) is 0 Å². The van der Waals surface area contributed by atoms with Gasteiger partial charge in [-0.05, 0) is 11.6 Å². The number of para-hydroxylation sites is 1. The molecular weight excluding hydrogens is 457 g/mol. The van der Waals surface area contributed by atoms with E-state index in [1.54, 1.807) is 44.6 Å². The zero-order chi connectivity index (χ0) is 18.1. The van der Waals surface area contributed by atoms with Crippen molar-refractivity contribution in [3.05, 3.63) is 53.7 Å². The van der Waals surface area contributed by atoms with Crippen LogP contribution in [0.3, 0.4) is 0 Å². The Morgan fingerprint density at radius 2 is 1.88 bits per heavy atom. The number of hydrogen-bond donors (Lipinski definition) is 2. The van der Waals surface area contributed by atoms with Gasteiger partial charge in [-0.1, -0.05) is 24.3 Å². The van der Waals surface area contributed by atoms with Crippen LogP contribution in [0.15, 0.2) is 47.6 Å². The Morgan fingerprint density at radius 1 is 1.15 bits per heavy atom. The SMILES string of the molecule is CN=C(NCc1ccc(OC)nc1)NCc1ccccc1OC(F)F.I. The smallest absolute Gasteiger partial charge is 0.387 e. The Morgan fingerprint density at radius 3 is 2.50 bits per heavy atom. The topological polar surface area (TPSA) is 67.8 Å². The predicted octanol–water partition coefficient (Wildman–Crippen LogP) is 3.17. The van der Waals surface area contributed by atoms with Gasteiger partial charge in [-0.2, -0.15) is 8.78 Å². The van der Waals surface area contributed by atoms with E-state index in [2.05, 4.69) is 25.3 Å². The first-order valence-electron chi connectivity index (χ1n) is 7.58. The van der Waals surface area contributed by atoms with Gasteiger partial charge in [0.15, 0.2) is 5.96 Å². The first-order valence-corrected chi connectivity index (χ1v) is 7.58. The van der Waals surface area contributed by atoms with Gasteiger partial charge < -0.3 is 20.1 Å². The third-order valence-corrected chi connectivity index (χ3v) is 3.33. The second-order valence-electron chi connectivity index (χ2n) is 4.97. The number of benzene rings is 1. The summed E-state index contributed by atoms with van der Waals surface area (Å²) in [6.45, 7) is -2.06. The Bertz CT molecular complexity index is 699. The van der Waals surface area contributed by atoms with E-state index in [1.165, 1.54) is 6.07 Å². The second kappa shape index (κ2) is 11.4. The highest BCUT2D eigenvalue weighted by Gasteiger charge is 2.09. The van der Waals surface area contributed by atoms with E-state index in [0.717, 1.165) is 5.56 Å². The Balaban J connectivity index is 0.00000338. The molecule has 26 heavy (non-hydrogen) atoms. The molecule has 0 spiro atoms. The van der Waals surface area contributed by atoms with Crippen LogP contribution in [0, 0.1) is 0 Å². The van der Waals surface area contributed by atoms with Crippen LogP contribution in [-0.4, -0.2) is 31.7 Å². The number of methoxy groups -OCH3 is 1. The molecule has 0 amide bonds. The molecule has 9 heteroatoms. The summed E-state index contributed by atoms with van der Waals surface area (Å²) in [4.78, 5) is 8.23. The number of rotatable bonds is 7. The van der Waals surface area contributed by atoms with Gasteiger partial charge in [0.1, 0.15) is 5.75 Å². The molecule has 1 aromatic carbocycles. The van der Waals surface area contributed by atoms with Crippen LogP contribution in [0.2, 0.25) is 0 Å². The molecular formula is C17H21F2IN4O2. The number of aromatic nitrogens is 1. The fourth-order valence-corrected chi connectivity index (χ4v) is 2.08. The summed E-state index contributed by atoms with van der Waals surface area (Å²) in [5.74, 6) is 1.21. The van der Waals surface area contributed by atoms with Gasteiger partial charge in [0.2, 0.25) is 5.88 Å². The molecule has 0 aliphatic carbocycles. The summed E-state index contributed by atoms with van der Waals surface area (Å²) in [6.07, 6.45) is 1.70. The van der Waals surface area contributed by atoms with E-state index < -0.39 is 6.61 Å². The van der Waals surface area contributed by atoms with E-state index in [4.69, 9.17) is 4.74 Å². The molecule has 0 aliphatic heterocycles. The number of hydrogen-bond acceptors (Lipinski definition) is 4. The highest BCUT2D eigenvalue weighted by molar-refractivity contribution is 14.0. The number of ether oxygens (including phenoxy) is 2. The van der Waals surface area contributed by atoms with E-state index in [9.17, 15) is 8.78 Å². The molecule has 6 nitrogen and oxygen atoms in total. The Labute approximate surface area is 168 Å². The van der Waals surface area contributed by atoms with Crippen LogP contribution < -0.4 is 20.1 Å². The van der Waals surface area contributed by atoms with Crippen LogP contribution in [0.5, 0.6) is 11.6 Å². The molecule has 0 bridgehead atoms. The number of pyridine rings is 1. The first kappa shape index (κ1) is 21.9. The number of halogens is 3. The molecule has 0 fully saturated rings. The first-order chi connectivity index (χ1) is 12.1. The van der Waals surface area contributed by atoms with E-state index in [0.29, 0.717) is 30.5 Å². The quantitative estimate of drug-likeness (QED) is 0.364. The number of aliphatic imine (C=N–C) groups is 1. The van der Waals surface area contributed by atoms with Crippen molar-refractivity contribution in [2.24, 2.45) is 4.99 Å². The van der Waals surface area contributed by atoms with E-state index >= 15 is 0 Å². The summed E-state index contributed by atoms with van der Waals surface area (Å²) < 4.78 is 34.4. The van der Waals surface area contributed by atoms with Crippen molar-refractivity contribution in [3.63, 3.8) is 0 Å². The van der Waals surface area contributed by atoms with Gasteiger partial charge in [0, 0.05) is 38.0 Å². The maximum atomic E-state index is 12.4. The van der Waals surface area contributed by atoms with Crippen LogP contribution >= 0.6 is 24.0 Å². The van der Waals surface area contributed by atoms with E-state index in [-0.39, 0.29) is 29.7 Å². The Hall–Kier alpha value is -2.17. The van der Waals surface area contributed by atoms with Crippen LogP contribution in [-0.2, 0) is 13.1 Å². The highest BCUT2D eigenvalue weighted by Crippen LogP contribution is 2.19. The van der Waals surface area contributed by atoms with Crippen molar-refractivity contribution < 1.29 is 18.3 Å². The Kier molecular flexibility index (Phi) is 9.63. The average molecular weight is 478 g/mol. The number of nitrogens with one attached hydrogen (secondary N) is 2. The van der Waals surface area contributed by atoms with Crippen LogP contribution in [0.4, 0.5) is 8.78 Å².